The van der Waals surface area contributed by atoms with Gasteiger partial charge in [-0.15, -0.1) is 0 Å². The van der Waals surface area contributed by atoms with Crippen LogP contribution in [0.25, 0.3) is 0 Å². The van der Waals surface area contributed by atoms with E-state index in [1.54, 1.807) is 38.1 Å². The van der Waals surface area contributed by atoms with E-state index in [0.717, 1.165) is 12.8 Å². The summed E-state index contributed by atoms with van der Waals surface area (Å²) in [6.45, 7) is 5.64. The highest BCUT2D eigenvalue weighted by molar-refractivity contribution is 5.94. The standard InChI is InChI=1S/C15H21NO3/c1-4-5-9-14(17)16-13-8-6-7-12(10-13)15(18)19-11(2)3/h6-8,10-11H,4-5,9H2,1-3H3,(H,16,17). The number of rotatable bonds is 6. The molecule has 1 rings (SSSR count). The minimum absolute atomic E-state index is 0.0313. The van der Waals surface area contributed by atoms with Crippen LogP contribution in [0.15, 0.2) is 24.3 Å². The Bertz CT molecular complexity index is 441. The maximum Gasteiger partial charge on any atom is 0.338 e. The molecular weight excluding hydrogens is 242 g/mol. The van der Waals surface area contributed by atoms with Gasteiger partial charge in [-0.3, -0.25) is 4.79 Å². The molecule has 19 heavy (non-hydrogen) atoms. The topological polar surface area (TPSA) is 55.4 Å². The molecule has 1 N–H and O–H groups in total. The first-order chi connectivity index (χ1) is 9.02. The number of hydrogen-bond acceptors (Lipinski definition) is 3. The summed E-state index contributed by atoms with van der Waals surface area (Å²) in [5.41, 5.74) is 1.07. The average Bonchev–Trinajstić information content (AvgIpc) is 2.36. The Morgan fingerprint density at radius 3 is 2.68 bits per heavy atom. The molecule has 0 aromatic heterocycles. The maximum atomic E-state index is 11.7. The van der Waals surface area contributed by atoms with Crippen molar-refractivity contribution < 1.29 is 14.3 Å². The van der Waals surface area contributed by atoms with Crippen LogP contribution in [0, 0.1) is 0 Å². The lowest BCUT2D eigenvalue weighted by Crippen LogP contribution is -2.13. The normalized spacial score (nSPS) is 10.3. The number of carbonyl (C=O) groups is 2. The second-order valence-corrected chi connectivity index (χ2v) is 4.69. The second kappa shape index (κ2) is 7.56. The SMILES string of the molecule is CCCCC(=O)Nc1cccc(C(=O)OC(C)C)c1. The van der Waals surface area contributed by atoms with Crippen molar-refractivity contribution in [2.24, 2.45) is 0 Å². The molecule has 1 aromatic rings. The minimum atomic E-state index is -0.375. The molecule has 1 amide bonds. The van der Waals surface area contributed by atoms with Crippen molar-refractivity contribution in [3.63, 3.8) is 0 Å². The lowest BCUT2D eigenvalue weighted by Gasteiger charge is -2.09. The molecule has 0 heterocycles. The van der Waals surface area contributed by atoms with Gasteiger partial charge in [0, 0.05) is 12.1 Å². The maximum absolute atomic E-state index is 11.7. The smallest absolute Gasteiger partial charge is 0.338 e. The summed E-state index contributed by atoms with van der Waals surface area (Å²) in [6, 6.07) is 6.79. The number of esters is 1. The van der Waals surface area contributed by atoms with Crippen LogP contribution in [-0.4, -0.2) is 18.0 Å². The van der Waals surface area contributed by atoms with E-state index in [-0.39, 0.29) is 18.0 Å². The first-order valence-corrected chi connectivity index (χ1v) is 6.63. The Morgan fingerprint density at radius 2 is 2.05 bits per heavy atom. The van der Waals surface area contributed by atoms with Crippen molar-refractivity contribution in [2.45, 2.75) is 46.1 Å². The lowest BCUT2D eigenvalue weighted by atomic mass is 10.2. The molecule has 1 aromatic carbocycles. The van der Waals surface area contributed by atoms with Gasteiger partial charge in [-0.25, -0.2) is 4.79 Å². The summed E-state index contributed by atoms with van der Waals surface area (Å²) in [6.07, 6.45) is 2.18. The summed E-state index contributed by atoms with van der Waals surface area (Å²) in [7, 11) is 0. The third kappa shape index (κ3) is 5.55. The monoisotopic (exact) mass is 263 g/mol. The van der Waals surface area contributed by atoms with Crippen LogP contribution in [0.5, 0.6) is 0 Å². The van der Waals surface area contributed by atoms with Crippen molar-refractivity contribution in [2.75, 3.05) is 5.32 Å². The van der Waals surface area contributed by atoms with Crippen molar-refractivity contribution in [3.05, 3.63) is 29.8 Å². The summed E-state index contributed by atoms with van der Waals surface area (Å²) >= 11 is 0. The van der Waals surface area contributed by atoms with Crippen molar-refractivity contribution in [3.8, 4) is 0 Å². The average molecular weight is 263 g/mol. The van der Waals surface area contributed by atoms with Gasteiger partial charge in [-0.1, -0.05) is 19.4 Å². The van der Waals surface area contributed by atoms with E-state index in [4.69, 9.17) is 4.74 Å². The Hall–Kier alpha value is -1.84. The summed E-state index contributed by atoms with van der Waals surface area (Å²) < 4.78 is 5.11. The molecule has 0 aliphatic rings. The van der Waals surface area contributed by atoms with Crippen LogP contribution in [0.3, 0.4) is 0 Å². The molecule has 0 saturated heterocycles. The molecule has 0 spiro atoms. The number of carbonyl (C=O) groups excluding carboxylic acids is 2. The van der Waals surface area contributed by atoms with Gasteiger partial charge in [0.05, 0.1) is 11.7 Å². The van der Waals surface area contributed by atoms with Crippen LogP contribution in [0.4, 0.5) is 5.69 Å². The Labute approximate surface area is 114 Å². The van der Waals surface area contributed by atoms with E-state index >= 15 is 0 Å². The van der Waals surface area contributed by atoms with Gasteiger partial charge in [-0.05, 0) is 38.5 Å². The highest BCUT2D eigenvalue weighted by Gasteiger charge is 2.10. The van der Waals surface area contributed by atoms with Gasteiger partial charge in [0.1, 0.15) is 0 Å². The van der Waals surface area contributed by atoms with Crippen molar-refractivity contribution in [1.82, 2.24) is 0 Å². The molecule has 0 radical (unpaired) electrons. The second-order valence-electron chi connectivity index (χ2n) is 4.69. The number of benzene rings is 1. The van der Waals surface area contributed by atoms with Crippen molar-refractivity contribution >= 4 is 17.6 Å². The lowest BCUT2D eigenvalue weighted by molar-refractivity contribution is -0.116. The van der Waals surface area contributed by atoms with Crippen LogP contribution >= 0.6 is 0 Å². The first-order valence-electron chi connectivity index (χ1n) is 6.63. The fourth-order valence-electron chi connectivity index (χ4n) is 1.57. The molecule has 0 fully saturated rings. The predicted molar refractivity (Wildman–Crippen MR) is 75.1 cm³/mol. The largest absolute Gasteiger partial charge is 0.459 e. The molecule has 4 nitrogen and oxygen atoms in total. The highest BCUT2D eigenvalue weighted by atomic mass is 16.5. The number of anilines is 1. The molecule has 0 unspecified atom stereocenters. The number of hydrogen-bond donors (Lipinski definition) is 1. The Kier molecular flexibility index (Phi) is 6.06. The zero-order chi connectivity index (χ0) is 14.3. The van der Waals surface area contributed by atoms with E-state index in [0.29, 0.717) is 17.7 Å². The molecule has 0 aliphatic heterocycles. The van der Waals surface area contributed by atoms with Gasteiger partial charge in [0.25, 0.3) is 0 Å². The quantitative estimate of drug-likeness (QED) is 0.800. The van der Waals surface area contributed by atoms with E-state index in [1.807, 2.05) is 6.92 Å². The van der Waals surface area contributed by atoms with E-state index in [9.17, 15) is 9.59 Å². The summed E-state index contributed by atoms with van der Waals surface area (Å²) in [4.78, 5) is 23.3. The van der Waals surface area contributed by atoms with E-state index in [1.165, 1.54) is 0 Å². The van der Waals surface area contributed by atoms with Crippen LogP contribution < -0.4 is 5.32 Å². The number of nitrogens with one attached hydrogen (secondary N) is 1. The van der Waals surface area contributed by atoms with Gasteiger partial charge in [-0.2, -0.15) is 0 Å². The third-order valence-electron chi connectivity index (χ3n) is 2.48. The van der Waals surface area contributed by atoms with Gasteiger partial charge in [0.2, 0.25) is 5.91 Å². The molecule has 0 atom stereocenters. The zero-order valence-corrected chi connectivity index (χ0v) is 11.7. The first kappa shape index (κ1) is 15.2. The van der Waals surface area contributed by atoms with Crippen LogP contribution in [0.2, 0.25) is 0 Å². The molecule has 0 bridgehead atoms. The van der Waals surface area contributed by atoms with Crippen LogP contribution in [0.1, 0.15) is 50.4 Å². The van der Waals surface area contributed by atoms with E-state index in [2.05, 4.69) is 5.32 Å². The minimum Gasteiger partial charge on any atom is -0.459 e. The molecular formula is C15H21NO3. The fourth-order valence-corrected chi connectivity index (χ4v) is 1.57. The number of unbranched alkanes of at least 4 members (excludes halogenated alkanes) is 1. The fraction of sp³-hybridized carbons (Fsp3) is 0.467. The highest BCUT2D eigenvalue weighted by Crippen LogP contribution is 2.13. The van der Waals surface area contributed by atoms with Gasteiger partial charge in [0.15, 0.2) is 0 Å². The summed E-state index contributed by atoms with van der Waals surface area (Å²) in [5, 5.41) is 2.78. The van der Waals surface area contributed by atoms with Crippen LogP contribution in [-0.2, 0) is 9.53 Å². The Morgan fingerprint density at radius 1 is 1.32 bits per heavy atom. The molecule has 0 saturated carbocycles. The molecule has 104 valence electrons. The van der Waals surface area contributed by atoms with E-state index < -0.39 is 0 Å². The Balaban J connectivity index is 2.66. The molecule has 0 aliphatic carbocycles. The number of amides is 1. The molecule has 4 heteroatoms. The van der Waals surface area contributed by atoms with Gasteiger partial charge < -0.3 is 10.1 Å². The van der Waals surface area contributed by atoms with Gasteiger partial charge >= 0.3 is 5.97 Å². The summed E-state index contributed by atoms with van der Waals surface area (Å²) in [5.74, 6) is -0.407. The third-order valence-corrected chi connectivity index (χ3v) is 2.48. The van der Waals surface area contributed by atoms with Crippen molar-refractivity contribution in [1.29, 1.82) is 0 Å². The zero-order valence-electron chi connectivity index (χ0n) is 11.7. The number of ether oxygens (including phenoxy) is 1. The predicted octanol–water partition coefficient (Wildman–Crippen LogP) is 3.38.